The molecule has 1 saturated carbocycles. The highest BCUT2D eigenvalue weighted by atomic mass is 35.5. The Balaban J connectivity index is 1.66. The van der Waals surface area contributed by atoms with Crippen LogP contribution < -0.4 is 0 Å². The summed E-state index contributed by atoms with van der Waals surface area (Å²) in [7, 11) is 0. The van der Waals surface area contributed by atoms with Gasteiger partial charge in [-0.05, 0) is 74.1 Å². The predicted octanol–water partition coefficient (Wildman–Crippen LogP) is 6.80. The summed E-state index contributed by atoms with van der Waals surface area (Å²) in [6.07, 6.45) is 8.06. The third-order valence-electron chi connectivity index (χ3n) is 6.53. The molecule has 0 amide bonds. The second kappa shape index (κ2) is 9.36. The molecule has 33 heavy (non-hydrogen) atoms. The van der Waals surface area contributed by atoms with E-state index < -0.39 is 0 Å². The highest BCUT2D eigenvalue weighted by molar-refractivity contribution is 6.34. The Morgan fingerprint density at radius 2 is 1.70 bits per heavy atom. The van der Waals surface area contributed by atoms with Crippen molar-refractivity contribution in [3.8, 4) is 22.3 Å². The van der Waals surface area contributed by atoms with Crippen LogP contribution in [0, 0.1) is 12.8 Å². The van der Waals surface area contributed by atoms with Gasteiger partial charge in [0.25, 0.3) is 0 Å². The third-order valence-corrected chi connectivity index (χ3v) is 6.83. The van der Waals surface area contributed by atoms with Crippen LogP contribution in [-0.4, -0.2) is 27.0 Å². The summed E-state index contributed by atoms with van der Waals surface area (Å²) in [6.45, 7) is 8.43. The number of Topliss-reactive ketones (excluding diaryl/α,β-unsaturated/α-hetero) is 1. The van der Waals surface area contributed by atoms with Crippen molar-refractivity contribution in [3.05, 3.63) is 70.8 Å². The van der Waals surface area contributed by atoms with Gasteiger partial charge in [0.05, 0.1) is 6.10 Å². The number of aryl methyl sites for hydroxylation is 1. The summed E-state index contributed by atoms with van der Waals surface area (Å²) in [5, 5.41) is 10.3. The number of hydrogen-bond donors (Lipinski definition) is 1. The van der Waals surface area contributed by atoms with Crippen molar-refractivity contribution < 1.29 is 9.90 Å². The van der Waals surface area contributed by atoms with E-state index in [9.17, 15) is 9.90 Å². The van der Waals surface area contributed by atoms with Crippen molar-refractivity contribution >= 4 is 17.4 Å². The van der Waals surface area contributed by atoms with Gasteiger partial charge in [0.15, 0.2) is 5.78 Å². The normalized spacial score (nSPS) is 18.8. The summed E-state index contributed by atoms with van der Waals surface area (Å²) in [4.78, 5) is 22.1. The Morgan fingerprint density at radius 3 is 2.36 bits per heavy atom. The summed E-state index contributed by atoms with van der Waals surface area (Å²) < 4.78 is 0. The molecule has 2 aromatic heterocycles. The molecule has 2 heterocycles. The molecule has 0 aliphatic heterocycles. The second-order valence-corrected chi connectivity index (χ2v) is 10.6. The molecule has 1 aliphatic rings. The van der Waals surface area contributed by atoms with Gasteiger partial charge >= 0.3 is 0 Å². The summed E-state index contributed by atoms with van der Waals surface area (Å²) in [5.74, 6) is 0.0836. The zero-order chi connectivity index (χ0) is 23.8. The average Bonchev–Trinajstić information content (AvgIpc) is 2.78. The van der Waals surface area contributed by atoms with Gasteiger partial charge in [-0.2, -0.15) is 0 Å². The van der Waals surface area contributed by atoms with Crippen LogP contribution in [0.5, 0.6) is 0 Å². The third kappa shape index (κ3) is 5.18. The first-order chi connectivity index (χ1) is 15.6. The van der Waals surface area contributed by atoms with Crippen molar-refractivity contribution in [2.45, 2.75) is 64.9 Å². The molecule has 5 heteroatoms. The zero-order valence-electron chi connectivity index (χ0n) is 19.7. The van der Waals surface area contributed by atoms with E-state index >= 15 is 0 Å². The van der Waals surface area contributed by atoms with E-state index in [0.29, 0.717) is 23.4 Å². The Morgan fingerprint density at radius 1 is 1.00 bits per heavy atom. The van der Waals surface area contributed by atoms with Crippen LogP contribution in [0.25, 0.3) is 22.3 Å². The Hall–Kier alpha value is -2.56. The molecule has 1 aliphatic carbocycles. The van der Waals surface area contributed by atoms with Gasteiger partial charge in [-0.1, -0.05) is 32.4 Å². The SMILES string of the molecule is Cc1cc(C(=O)C2CCC(O)CC2)cc(Cl)c1-c1cncc(-c2ccnc(C(C)(C)C)c2)c1. The first-order valence-corrected chi connectivity index (χ1v) is 12.0. The lowest BCUT2D eigenvalue weighted by Crippen LogP contribution is -2.24. The van der Waals surface area contributed by atoms with Crippen LogP contribution >= 0.6 is 11.6 Å². The lowest BCUT2D eigenvalue weighted by molar-refractivity contribution is 0.0764. The molecule has 0 spiro atoms. The highest BCUT2D eigenvalue weighted by Gasteiger charge is 2.27. The van der Waals surface area contributed by atoms with Gasteiger partial charge in [0, 0.05) is 62.9 Å². The maximum Gasteiger partial charge on any atom is 0.166 e. The van der Waals surface area contributed by atoms with E-state index in [0.717, 1.165) is 46.4 Å². The number of carbonyl (C=O) groups excluding carboxylic acids is 1. The number of halogens is 1. The first kappa shape index (κ1) is 23.6. The lowest BCUT2D eigenvalue weighted by atomic mass is 9.82. The minimum Gasteiger partial charge on any atom is -0.393 e. The number of pyridine rings is 2. The van der Waals surface area contributed by atoms with Crippen LogP contribution in [0.2, 0.25) is 5.02 Å². The quantitative estimate of drug-likeness (QED) is 0.433. The fourth-order valence-corrected chi connectivity index (χ4v) is 4.96. The molecule has 0 radical (unpaired) electrons. The Kier molecular flexibility index (Phi) is 6.69. The number of benzene rings is 1. The van der Waals surface area contributed by atoms with E-state index in [4.69, 9.17) is 11.6 Å². The van der Waals surface area contributed by atoms with Crippen molar-refractivity contribution in [2.24, 2.45) is 5.92 Å². The molecule has 1 N–H and O–H groups in total. The van der Waals surface area contributed by atoms with E-state index in [1.807, 2.05) is 37.6 Å². The molecular weight excluding hydrogens is 432 g/mol. The minimum absolute atomic E-state index is 0.0385. The molecule has 3 aromatic rings. The maximum absolute atomic E-state index is 13.1. The van der Waals surface area contributed by atoms with Gasteiger partial charge in [0.2, 0.25) is 0 Å². The number of aromatic nitrogens is 2. The molecular formula is C28H31ClN2O2. The van der Waals surface area contributed by atoms with Crippen molar-refractivity contribution in [1.82, 2.24) is 9.97 Å². The number of rotatable bonds is 4. The summed E-state index contributed by atoms with van der Waals surface area (Å²) >= 11 is 6.73. The Bertz CT molecular complexity index is 1150. The summed E-state index contributed by atoms with van der Waals surface area (Å²) in [5.41, 5.74) is 6.45. The molecule has 4 nitrogen and oxygen atoms in total. The maximum atomic E-state index is 13.1. The van der Waals surface area contributed by atoms with E-state index in [1.165, 1.54) is 0 Å². The molecule has 1 aromatic carbocycles. The monoisotopic (exact) mass is 462 g/mol. The molecule has 0 saturated heterocycles. The van der Waals surface area contributed by atoms with E-state index in [1.54, 1.807) is 6.07 Å². The number of aliphatic hydroxyl groups excluding tert-OH is 1. The first-order valence-electron chi connectivity index (χ1n) is 11.6. The van der Waals surface area contributed by atoms with Crippen molar-refractivity contribution in [3.63, 3.8) is 0 Å². The van der Waals surface area contributed by atoms with Crippen molar-refractivity contribution in [1.29, 1.82) is 0 Å². The van der Waals surface area contributed by atoms with Crippen molar-refractivity contribution in [2.75, 3.05) is 0 Å². The van der Waals surface area contributed by atoms with Gasteiger partial charge < -0.3 is 5.11 Å². The van der Waals surface area contributed by atoms with Crippen LogP contribution in [0.15, 0.2) is 48.9 Å². The summed E-state index contributed by atoms with van der Waals surface area (Å²) in [6, 6.07) is 9.91. The van der Waals surface area contributed by atoms with Gasteiger partial charge in [-0.3, -0.25) is 14.8 Å². The van der Waals surface area contributed by atoms with Gasteiger partial charge in [0.1, 0.15) is 0 Å². The highest BCUT2D eigenvalue weighted by Crippen LogP contribution is 2.36. The molecule has 0 atom stereocenters. The Labute approximate surface area is 201 Å². The lowest BCUT2D eigenvalue weighted by Gasteiger charge is -2.24. The predicted molar refractivity (Wildman–Crippen MR) is 134 cm³/mol. The molecule has 172 valence electrons. The van der Waals surface area contributed by atoms with Gasteiger partial charge in [-0.15, -0.1) is 0 Å². The zero-order valence-corrected chi connectivity index (χ0v) is 20.5. The number of hydrogen-bond acceptors (Lipinski definition) is 4. The molecule has 0 bridgehead atoms. The molecule has 1 fully saturated rings. The number of carbonyl (C=O) groups is 1. The standard InChI is InChI=1S/C28H31ClN2O2/c1-17-11-20(27(33)18-5-7-23(32)8-6-18)13-24(29)26(17)22-12-21(15-30-16-22)19-9-10-31-25(14-19)28(2,3)4/h9-16,18,23,32H,5-8H2,1-4H3. The number of aliphatic hydroxyl groups is 1. The van der Waals surface area contributed by atoms with E-state index in [-0.39, 0.29) is 23.2 Å². The van der Waals surface area contributed by atoms with Crippen LogP contribution in [-0.2, 0) is 5.41 Å². The van der Waals surface area contributed by atoms with Gasteiger partial charge in [-0.25, -0.2) is 0 Å². The largest absolute Gasteiger partial charge is 0.393 e. The van der Waals surface area contributed by atoms with Crippen LogP contribution in [0.4, 0.5) is 0 Å². The fourth-order valence-electron chi connectivity index (χ4n) is 4.58. The fraction of sp³-hybridized carbons (Fsp3) is 0.393. The number of ketones is 1. The second-order valence-electron chi connectivity index (χ2n) is 10.2. The molecule has 0 unspecified atom stereocenters. The van der Waals surface area contributed by atoms with Crippen LogP contribution in [0.3, 0.4) is 0 Å². The van der Waals surface area contributed by atoms with E-state index in [2.05, 4.69) is 42.9 Å². The molecule has 4 rings (SSSR count). The number of nitrogens with zero attached hydrogens (tertiary/aromatic N) is 2. The smallest absolute Gasteiger partial charge is 0.166 e. The average molecular weight is 463 g/mol. The minimum atomic E-state index is -0.276. The van der Waals surface area contributed by atoms with Crippen LogP contribution in [0.1, 0.15) is 68.1 Å². The topological polar surface area (TPSA) is 63.1 Å².